The van der Waals surface area contributed by atoms with Crippen LogP contribution in [0.25, 0.3) is 0 Å². The quantitative estimate of drug-likeness (QED) is 0.164. The number of phosphoric acid groups is 6. The Morgan fingerprint density at radius 2 is 0.410 bits per heavy atom. The van der Waals surface area contributed by atoms with Gasteiger partial charge >= 0.3 is 177 Å². The van der Waals surface area contributed by atoms with Gasteiger partial charge in [-0.15, -0.1) is 0 Å². The summed E-state index contributed by atoms with van der Waals surface area (Å²) in [4.78, 5) is 71.3. The molecule has 0 aromatic heterocycles. The van der Waals surface area contributed by atoms with Crippen LogP contribution in [0.1, 0.15) is 0 Å². The summed E-state index contributed by atoms with van der Waals surface area (Å²) in [7, 11) is -35.8. The standard InChI is InChI=1S/C6H12O21P6.6Na/c7-28(8)19-1-2(20-29(9,10)25-28)4-6(24-33(17,18)27-32(15,16)23-4)5-3(1)21-30(11,12)26-31(13,14)22-5;;;;;;/h1-6H,(H,7,8)(H,9,10)(H,11,12)(H,13,14)(H,15,16)(H,17,18);;;;;;/q;6*+1/p-6. The molecule has 1 aliphatic carbocycles. The van der Waals surface area contributed by atoms with E-state index in [0.717, 1.165) is 0 Å². The Balaban J connectivity index is -0.00000216. The van der Waals surface area contributed by atoms with Gasteiger partial charge in [0.2, 0.25) is 0 Å². The average Bonchev–Trinajstić information content (AvgIpc) is 2.74. The Bertz CT molecular complexity index is 919. The molecule has 3 saturated heterocycles. The van der Waals surface area contributed by atoms with E-state index in [0.29, 0.717) is 0 Å². The molecule has 0 N–H and O–H groups in total. The van der Waals surface area contributed by atoms with Gasteiger partial charge < -0.3 is 56.5 Å². The van der Waals surface area contributed by atoms with Crippen molar-refractivity contribution in [1.82, 2.24) is 0 Å². The third-order valence-corrected chi connectivity index (χ3v) is 11.9. The summed E-state index contributed by atoms with van der Waals surface area (Å²) in [5, 5.41) is 0. The number of phosphoric ester groups is 6. The summed E-state index contributed by atoms with van der Waals surface area (Å²) in [5.41, 5.74) is 0. The van der Waals surface area contributed by atoms with E-state index >= 15 is 0 Å². The molecular weight excluding hydrogens is 732 g/mol. The van der Waals surface area contributed by atoms with Crippen molar-refractivity contribution in [1.29, 1.82) is 0 Å². The molecule has 0 radical (unpaired) electrons. The molecule has 3 heterocycles. The van der Waals surface area contributed by atoms with Crippen LogP contribution in [0.5, 0.6) is 0 Å². The van der Waals surface area contributed by atoms with Crippen LogP contribution in [0.15, 0.2) is 0 Å². The fourth-order valence-corrected chi connectivity index (χ4v) is 10.3. The van der Waals surface area contributed by atoms with E-state index in [-0.39, 0.29) is 177 Å². The maximum absolute atomic E-state index is 11.9. The van der Waals surface area contributed by atoms with Crippen molar-refractivity contribution >= 4 is 46.9 Å². The summed E-state index contributed by atoms with van der Waals surface area (Å²) in [6.45, 7) is 0. The van der Waals surface area contributed by atoms with Crippen LogP contribution < -0.4 is 207 Å². The summed E-state index contributed by atoms with van der Waals surface area (Å²) in [5.74, 6) is 0. The summed E-state index contributed by atoms with van der Waals surface area (Å²) in [6, 6.07) is 0. The van der Waals surface area contributed by atoms with Crippen molar-refractivity contribution in [3.8, 4) is 0 Å². The van der Waals surface area contributed by atoms with Crippen molar-refractivity contribution in [3.63, 3.8) is 0 Å². The molecule has 33 heteroatoms. The zero-order valence-electron chi connectivity index (χ0n) is 20.7. The van der Waals surface area contributed by atoms with E-state index in [4.69, 9.17) is 0 Å². The monoisotopic (exact) mass is 738 g/mol. The minimum Gasteiger partial charge on any atom is -0.756 e. The third-order valence-electron chi connectivity index (χ3n) is 4.05. The predicted octanol–water partition coefficient (Wildman–Crippen LogP) is -21.8. The minimum absolute atomic E-state index is 0. The van der Waals surface area contributed by atoms with E-state index in [1.54, 1.807) is 0 Å². The van der Waals surface area contributed by atoms with Crippen LogP contribution in [0, 0.1) is 0 Å². The van der Waals surface area contributed by atoms with Crippen molar-refractivity contribution in [2.45, 2.75) is 36.6 Å². The van der Waals surface area contributed by atoms with E-state index in [1.165, 1.54) is 0 Å². The molecule has 3 aliphatic heterocycles. The van der Waals surface area contributed by atoms with Gasteiger partial charge in [-0.1, -0.05) is 0 Å². The normalized spacial score (nSPS) is 52.5. The van der Waals surface area contributed by atoms with Crippen LogP contribution >= 0.6 is 46.9 Å². The van der Waals surface area contributed by atoms with Crippen LogP contribution in [0.2, 0.25) is 0 Å². The fourth-order valence-electron chi connectivity index (χ4n) is 3.22. The maximum atomic E-state index is 11.9. The van der Waals surface area contributed by atoms with Gasteiger partial charge in [-0.3, -0.25) is 27.4 Å². The van der Waals surface area contributed by atoms with Gasteiger partial charge in [-0.25, -0.2) is 12.9 Å². The van der Waals surface area contributed by atoms with Crippen LogP contribution in [-0.2, 0) is 67.5 Å². The van der Waals surface area contributed by atoms with Crippen molar-refractivity contribution in [2.75, 3.05) is 0 Å². The van der Waals surface area contributed by atoms with Gasteiger partial charge in [0, 0.05) is 0 Å². The van der Waals surface area contributed by atoms with Gasteiger partial charge in [0.05, 0.1) is 0 Å². The number of hydrogen-bond donors (Lipinski definition) is 0. The molecular formula is C6H6Na6O21P6. The Labute approximate surface area is 351 Å². The first-order chi connectivity index (χ1) is 14.7. The molecule has 192 valence electrons. The Morgan fingerprint density at radius 3 is 0.513 bits per heavy atom. The molecule has 21 nitrogen and oxygen atoms in total. The van der Waals surface area contributed by atoms with Gasteiger partial charge in [0.25, 0.3) is 46.9 Å². The zero-order valence-corrected chi connectivity index (χ0v) is 38.1. The molecule has 0 bridgehead atoms. The average molecular weight is 738 g/mol. The molecule has 6 atom stereocenters. The second-order valence-corrected chi connectivity index (χ2v) is 14.9. The molecule has 39 heavy (non-hydrogen) atoms. The maximum Gasteiger partial charge on any atom is 1.00 e. The summed E-state index contributed by atoms with van der Waals surface area (Å²) >= 11 is 0. The van der Waals surface area contributed by atoms with Gasteiger partial charge in [-0.2, -0.15) is 0 Å². The fraction of sp³-hybridized carbons (Fsp3) is 1.00. The summed E-state index contributed by atoms with van der Waals surface area (Å²) < 4.78 is 109. The first-order valence-corrected chi connectivity index (χ1v) is 16.6. The van der Waals surface area contributed by atoms with Crippen LogP contribution in [0.4, 0.5) is 0 Å². The predicted molar refractivity (Wildman–Crippen MR) is 78.1 cm³/mol. The van der Waals surface area contributed by atoms with Crippen molar-refractivity contribution in [2.24, 2.45) is 0 Å². The number of hydrogen-bond acceptors (Lipinski definition) is 21. The second-order valence-electron chi connectivity index (χ2n) is 6.35. The first-order valence-electron chi connectivity index (χ1n) is 7.80. The van der Waals surface area contributed by atoms with Crippen LogP contribution in [0.3, 0.4) is 0 Å². The Kier molecular flexibility index (Phi) is 22.7. The smallest absolute Gasteiger partial charge is 0.756 e. The molecule has 4 aliphatic rings. The van der Waals surface area contributed by atoms with Crippen molar-refractivity contribution in [3.05, 3.63) is 0 Å². The molecule has 1 saturated carbocycles. The third kappa shape index (κ3) is 13.2. The Hall–Kier alpha value is 6.78. The van der Waals surface area contributed by atoms with Crippen LogP contribution in [-0.4, -0.2) is 36.6 Å². The molecule has 4 fully saturated rings. The largest absolute Gasteiger partial charge is 1.00 e. The van der Waals surface area contributed by atoms with Crippen molar-refractivity contribution < 1.29 is 274 Å². The van der Waals surface area contributed by atoms with E-state index in [1.807, 2.05) is 0 Å². The SMILES string of the molecule is O=P1([O-])OC2C3OP(=O)([O-])OP(=O)([O-])OC3C3OP(=O)([O-])OP(=O)([O-])OC3C2OP(=O)([O-])O1.[Na+].[Na+].[Na+].[Na+].[Na+].[Na+]. The number of fused-ring (bicyclic) bond motifs is 6. The summed E-state index contributed by atoms with van der Waals surface area (Å²) in [6.07, 6.45) is -15.7. The second kappa shape index (κ2) is 17.6. The van der Waals surface area contributed by atoms with E-state index in [2.05, 4.69) is 40.1 Å². The number of rotatable bonds is 0. The topological polar surface area (TPSA) is 324 Å². The molecule has 6 unspecified atom stereocenters. The minimum atomic E-state index is -5.97. The van der Waals surface area contributed by atoms with Gasteiger partial charge in [-0.05, 0) is 0 Å². The molecule has 0 amide bonds. The molecule has 0 spiro atoms. The molecule has 0 aromatic carbocycles. The van der Waals surface area contributed by atoms with E-state index in [9.17, 15) is 56.8 Å². The van der Waals surface area contributed by atoms with E-state index < -0.39 is 83.6 Å². The zero-order chi connectivity index (χ0) is 24.8. The molecule has 4 rings (SSSR count). The Morgan fingerprint density at radius 1 is 0.308 bits per heavy atom. The molecule has 0 aromatic rings. The van der Waals surface area contributed by atoms with Gasteiger partial charge in [0.15, 0.2) is 0 Å². The first kappa shape index (κ1) is 50.2. The van der Waals surface area contributed by atoms with Gasteiger partial charge in [0.1, 0.15) is 36.6 Å².